The number of carbonyl (C=O) groups excluding carboxylic acids is 1. The van der Waals surface area contributed by atoms with E-state index in [1.54, 1.807) is 17.9 Å². The topological polar surface area (TPSA) is 44.1 Å². The summed E-state index contributed by atoms with van der Waals surface area (Å²) in [5.41, 5.74) is 2.07. The molecule has 0 N–H and O–H groups in total. The van der Waals surface area contributed by atoms with E-state index in [1.165, 1.54) is 0 Å². The number of hydrogen-bond acceptors (Lipinski definition) is 3. The van der Waals surface area contributed by atoms with Crippen molar-refractivity contribution in [2.24, 2.45) is 0 Å². The molecule has 0 bridgehead atoms. The number of aryl methyl sites for hydroxylation is 1. The number of ketones is 1. The van der Waals surface area contributed by atoms with Crippen LogP contribution in [0.2, 0.25) is 0 Å². The van der Waals surface area contributed by atoms with E-state index in [0.717, 1.165) is 17.1 Å². The number of carbonyl (C=O) groups is 1. The van der Waals surface area contributed by atoms with E-state index >= 15 is 0 Å². The van der Waals surface area contributed by atoms with Gasteiger partial charge < -0.3 is 4.74 Å². The van der Waals surface area contributed by atoms with Gasteiger partial charge in [-0.2, -0.15) is 5.10 Å². The Balaban J connectivity index is 2.45. The molecule has 94 valence electrons. The van der Waals surface area contributed by atoms with Crippen molar-refractivity contribution in [3.8, 4) is 11.4 Å². The van der Waals surface area contributed by atoms with Crippen LogP contribution in [0.25, 0.3) is 5.69 Å². The van der Waals surface area contributed by atoms with Crippen LogP contribution in [-0.2, 0) is 0 Å². The van der Waals surface area contributed by atoms with Gasteiger partial charge in [0.05, 0.1) is 24.4 Å². The maximum absolute atomic E-state index is 11.7. The second kappa shape index (κ2) is 5.23. The van der Waals surface area contributed by atoms with Gasteiger partial charge in [0.1, 0.15) is 11.4 Å². The molecule has 0 spiro atoms. The molecule has 4 nitrogen and oxygen atoms in total. The maximum atomic E-state index is 11.7. The van der Waals surface area contributed by atoms with Gasteiger partial charge in [0.2, 0.25) is 0 Å². The third-order valence-corrected chi connectivity index (χ3v) is 2.80. The summed E-state index contributed by atoms with van der Waals surface area (Å²) in [5.74, 6) is 0.558. The Morgan fingerprint density at radius 1 is 1.39 bits per heavy atom. The fourth-order valence-electron chi connectivity index (χ4n) is 1.69. The van der Waals surface area contributed by atoms with Crippen LogP contribution < -0.4 is 4.74 Å². The van der Waals surface area contributed by atoms with E-state index < -0.39 is 0 Å². The molecule has 2 aromatic rings. The lowest BCUT2D eigenvalue weighted by atomic mass is 10.2. The number of Topliss-reactive ketones (excluding diaryl/α,β-unsaturated/α-hetero) is 1. The van der Waals surface area contributed by atoms with E-state index in [0.29, 0.717) is 5.69 Å². The molecule has 18 heavy (non-hydrogen) atoms. The molecule has 0 radical (unpaired) electrons. The first kappa shape index (κ1) is 12.6. The fourth-order valence-corrected chi connectivity index (χ4v) is 1.82. The number of benzene rings is 1. The van der Waals surface area contributed by atoms with E-state index in [1.807, 2.05) is 31.2 Å². The lowest BCUT2D eigenvalue weighted by molar-refractivity contribution is 0.101. The van der Waals surface area contributed by atoms with Gasteiger partial charge >= 0.3 is 0 Å². The zero-order valence-corrected chi connectivity index (χ0v) is 10.9. The van der Waals surface area contributed by atoms with Crippen molar-refractivity contribution in [1.29, 1.82) is 0 Å². The minimum absolute atomic E-state index is 0.0543. The third kappa shape index (κ3) is 2.38. The first-order valence-electron chi connectivity index (χ1n) is 5.46. The normalized spacial score (nSPS) is 10.4. The van der Waals surface area contributed by atoms with Crippen molar-refractivity contribution < 1.29 is 9.53 Å². The summed E-state index contributed by atoms with van der Waals surface area (Å²) in [7, 11) is 1.61. The Morgan fingerprint density at radius 3 is 2.61 bits per heavy atom. The van der Waals surface area contributed by atoms with Crippen LogP contribution in [0.3, 0.4) is 0 Å². The summed E-state index contributed by atoms with van der Waals surface area (Å²) >= 11 is 5.59. The van der Waals surface area contributed by atoms with Crippen molar-refractivity contribution in [2.45, 2.75) is 6.92 Å². The maximum Gasteiger partial charge on any atom is 0.196 e. The molecule has 5 heteroatoms. The van der Waals surface area contributed by atoms with Crippen LogP contribution in [0.1, 0.15) is 16.2 Å². The van der Waals surface area contributed by atoms with Gasteiger partial charge in [0.15, 0.2) is 5.78 Å². The zero-order valence-electron chi connectivity index (χ0n) is 10.2. The van der Waals surface area contributed by atoms with E-state index in [-0.39, 0.29) is 11.7 Å². The highest BCUT2D eigenvalue weighted by atomic mass is 35.5. The van der Waals surface area contributed by atoms with Crippen molar-refractivity contribution in [3.05, 3.63) is 41.7 Å². The number of rotatable bonds is 4. The first-order chi connectivity index (χ1) is 8.65. The van der Waals surface area contributed by atoms with Crippen LogP contribution in [0, 0.1) is 6.92 Å². The summed E-state index contributed by atoms with van der Waals surface area (Å²) in [4.78, 5) is 11.7. The number of halogens is 1. The first-order valence-corrected chi connectivity index (χ1v) is 5.99. The van der Waals surface area contributed by atoms with Crippen molar-refractivity contribution in [2.75, 3.05) is 13.0 Å². The van der Waals surface area contributed by atoms with Crippen LogP contribution in [-0.4, -0.2) is 28.6 Å². The van der Waals surface area contributed by atoms with Gasteiger partial charge in [0, 0.05) is 0 Å². The van der Waals surface area contributed by atoms with Crippen LogP contribution in [0.5, 0.6) is 5.75 Å². The molecule has 2 rings (SSSR count). The van der Waals surface area contributed by atoms with E-state index in [9.17, 15) is 4.79 Å². The minimum atomic E-state index is -0.145. The average molecular weight is 265 g/mol. The highest BCUT2D eigenvalue weighted by Crippen LogP contribution is 2.17. The molecule has 0 saturated heterocycles. The van der Waals surface area contributed by atoms with Gasteiger partial charge in [0.25, 0.3) is 0 Å². The lowest BCUT2D eigenvalue weighted by Gasteiger charge is -2.06. The molecule has 0 unspecified atom stereocenters. The monoisotopic (exact) mass is 264 g/mol. The van der Waals surface area contributed by atoms with Crippen molar-refractivity contribution >= 4 is 17.4 Å². The smallest absolute Gasteiger partial charge is 0.196 e. The average Bonchev–Trinajstić information content (AvgIpc) is 2.80. The molecule has 1 aromatic heterocycles. The fraction of sp³-hybridized carbons (Fsp3) is 0.231. The minimum Gasteiger partial charge on any atom is -0.497 e. The van der Waals surface area contributed by atoms with E-state index in [4.69, 9.17) is 16.3 Å². The molecule has 1 heterocycles. The number of ether oxygens (including phenoxy) is 1. The second-order valence-corrected chi connectivity index (χ2v) is 4.10. The molecule has 0 aliphatic rings. The van der Waals surface area contributed by atoms with E-state index in [2.05, 4.69) is 5.10 Å². The van der Waals surface area contributed by atoms with Gasteiger partial charge in [-0.1, -0.05) is 0 Å². The predicted octanol–water partition coefficient (Wildman–Crippen LogP) is 2.61. The summed E-state index contributed by atoms with van der Waals surface area (Å²) in [6, 6.07) is 9.06. The lowest BCUT2D eigenvalue weighted by Crippen LogP contribution is -2.09. The summed E-state index contributed by atoms with van der Waals surface area (Å²) in [6.07, 6.45) is 0. The Labute approximate surface area is 110 Å². The molecule has 0 saturated carbocycles. The molecule has 0 aliphatic carbocycles. The number of aromatic nitrogens is 2. The SMILES string of the molecule is COc1ccc(-n2nc(C)cc2C(=O)CCl)cc1. The standard InChI is InChI=1S/C13H13ClN2O2/c1-9-7-12(13(17)8-14)16(15-9)10-3-5-11(18-2)6-4-10/h3-7H,8H2,1-2H3. The van der Waals surface area contributed by atoms with Crippen LogP contribution >= 0.6 is 11.6 Å². The number of alkyl halides is 1. The molecule has 1 aromatic carbocycles. The van der Waals surface area contributed by atoms with Crippen LogP contribution in [0.15, 0.2) is 30.3 Å². The molecule has 0 fully saturated rings. The quantitative estimate of drug-likeness (QED) is 0.630. The van der Waals surface area contributed by atoms with Crippen LogP contribution in [0.4, 0.5) is 0 Å². The van der Waals surface area contributed by atoms with Gasteiger partial charge in [-0.3, -0.25) is 4.79 Å². The number of nitrogens with zero attached hydrogens (tertiary/aromatic N) is 2. The number of hydrogen-bond donors (Lipinski definition) is 0. The largest absolute Gasteiger partial charge is 0.497 e. The Morgan fingerprint density at radius 2 is 2.06 bits per heavy atom. The molecule has 0 amide bonds. The number of methoxy groups -OCH3 is 1. The van der Waals surface area contributed by atoms with Gasteiger partial charge in [-0.05, 0) is 37.3 Å². The summed E-state index contributed by atoms with van der Waals surface area (Å²) in [6.45, 7) is 1.84. The van der Waals surface area contributed by atoms with Gasteiger partial charge in [-0.15, -0.1) is 11.6 Å². The Bertz CT molecular complexity index is 561. The summed E-state index contributed by atoms with van der Waals surface area (Å²) in [5, 5.41) is 4.30. The predicted molar refractivity (Wildman–Crippen MR) is 69.9 cm³/mol. The summed E-state index contributed by atoms with van der Waals surface area (Å²) < 4.78 is 6.69. The molecule has 0 atom stereocenters. The Kier molecular flexibility index (Phi) is 3.67. The van der Waals surface area contributed by atoms with Crippen molar-refractivity contribution in [3.63, 3.8) is 0 Å². The third-order valence-electron chi connectivity index (χ3n) is 2.56. The zero-order chi connectivity index (χ0) is 13.1. The molecule has 0 aliphatic heterocycles. The highest BCUT2D eigenvalue weighted by molar-refractivity contribution is 6.30. The molecular weight excluding hydrogens is 252 g/mol. The van der Waals surface area contributed by atoms with Gasteiger partial charge in [-0.25, -0.2) is 4.68 Å². The van der Waals surface area contributed by atoms with Crippen molar-refractivity contribution in [1.82, 2.24) is 9.78 Å². The second-order valence-electron chi connectivity index (χ2n) is 3.84. The molecular formula is C13H13ClN2O2. The highest BCUT2D eigenvalue weighted by Gasteiger charge is 2.14. The Hall–Kier alpha value is -1.81.